The first-order chi connectivity index (χ1) is 20.1. The monoisotopic (exact) mass is 528 g/mol. The molecule has 0 aromatic heterocycles. The lowest BCUT2D eigenvalue weighted by molar-refractivity contribution is 0.965. The summed E-state index contributed by atoms with van der Waals surface area (Å²) in [7, 11) is 0. The number of benzene rings is 5. The molecule has 0 N–H and O–H groups in total. The van der Waals surface area contributed by atoms with Crippen molar-refractivity contribution in [2.24, 2.45) is 0 Å². The number of hydrogen-bond acceptors (Lipinski definition) is 0. The Kier molecular flexibility index (Phi) is 6.36. The van der Waals surface area contributed by atoms with E-state index in [0.29, 0.717) is 0 Å². The largest absolute Gasteiger partial charge is 0.0720 e. The van der Waals surface area contributed by atoms with Crippen LogP contribution >= 0.6 is 0 Å². The van der Waals surface area contributed by atoms with Gasteiger partial charge >= 0.3 is 0 Å². The maximum Gasteiger partial charge on any atom is 0.0287 e. The molecular weight excluding hydrogens is 492 g/mol. The fourth-order valence-electron chi connectivity index (χ4n) is 7.04. The van der Waals surface area contributed by atoms with Gasteiger partial charge in [0.1, 0.15) is 0 Å². The number of rotatable bonds is 5. The summed E-state index contributed by atoms with van der Waals surface area (Å²) in [4.78, 5) is 0. The first-order valence-electron chi connectivity index (χ1n) is 15.0. The summed E-state index contributed by atoms with van der Waals surface area (Å²) < 4.78 is 0. The molecular formula is C41H36. The van der Waals surface area contributed by atoms with E-state index in [1.54, 1.807) is 0 Å². The van der Waals surface area contributed by atoms with Gasteiger partial charge in [-0.25, -0.2) is 0 Å². The molecule has 1 unspecified atom stereocenters. The van der Waals surface area contributed by atoms with Crippen molar-refractivity contribution in [1.29, 1.82) is 0 Å². The van der Waals surface area contributed by atoms with Gasteiger partial charge in [0.2, 0.25) is 0 Å². The lowest BCUT2D eigenvalue weighted by Crippen LogP contribution is -2.27. The summed E-state index contributed by atoms with van der Waals surface area (Å²) in [6.45, 7) is 9.07. The van der Waals surface area contributed by atoms with E-state index in [1.807, 2.05) is 0 Å². The Balaban J connectivity index is 1.64. The van der Waals surface area contributed by atoms with Crippen LogP contribution < -0.4 is 10.4 Å². The Labute approximate surface area is 244 Å². The molecule has 41 heavy (non-hydrogen) atoms. The van der Waals surface area contributed by atoms with Gasteiger partial charge in [-0.3, -0.25) is 0 Å². The summed E-state index contributed by atoms with van der Waals surface area (Å²) in [6.07, 6.45) is 9.31. The van der Waals surface area contributed by atoms with Gasteiger partial charge in [-0.15, -0.1) is 0 Å². The van der Waals surface area contributed by atoms with Crippen molar-refractivity contribution in [1.82, 2.24) is 0 Å². The van der Waals surface area contributed by atoms with Gasteiger partial charge in [-0.1, -0.05) is 117 Å². The molecule has 2 aliphatic carbocycles. The molecule has 0 bridgehead atoms. The van der Waals surface area contributed by atoms with Gasteiger partial charge in [0.05, 0.1) is 0 Å². The van der Waals surface area contributed by atoms with Crippen molar-refractivity contribution in [3.8, 4) is 11.1 Å². The minimum absolute atomic E-state index is 0.233. The zero-order valence-electron chi connectivity index (χ0n) is 24.5. The molecule has 1 atom stereocenters. The molecule has 0 spiro atoms. The first kappa shape index (κ1) is 25.5. The smallest absolute Gasteiger partial charge is 0.0287 e. The van der Waals surface area contributed by atoms with E-state index in [4.69, 9.17) is 0 Å². The number of aryl methyl sites for hydroxylation is 2. The minimum Gasteiger partial charge on any atom is -0.0720 e. The quantitative estimate of drug-likeness (QED) is 0.210. The zero-order valence-corrected chi connectivity index (χ0v) is 24.5. The van der Waals surface area contributed by atoms with Gasteiger partial charge in [0.15, 0.2) is 0 Å². The van der Waals surface area contributed by atoms with Crippen molar-refractivity contribution >= 4 is 17.7 Å². The van der Waals surface area contributed by atoms with Crippen LogP contribution in [0.3, 0.4) is 0 Å². The van der Waals surface area contributed by atoms with Gasteiger partial charge in [0, 0.05) is 5.92 Å². The Morgan fingerprint density at radius 1 is 0.707 bits per heavy atom. The van der Waals surface area contributed by atoms with Crippen LogP contribution in [0.2, 0.25) is 0 Å². The number of fused-ring (bicyclic) bond motifs is 4. The summed E-state index contributed by atoms with van der Waals surface area (Å²) in [5.74, 6) is 0.233. The average molecular weight is 529 g/mol. The highest BCUT2D eigenvalue weighted by Gasteiger charge is 2.28. The molecule has 200 valence electrons. The summed E-state index contributed by atoms with van der Waals surface area (Å²) in [6, 6.07) is 36.2. The average Bonchev–Trinajstić information content (AvgIpc) is 3.61. The maximum absolute atomic E-state index is 2.50. The first-order valence-corrected chi connectivity index (χ1v) is 15.0. The highest BCUT2D eigenvalue weighted by molar-refractivity contribution is 5.88. The van der Waals surface area contributed by atoms with Crippen LogP contribution in [0.5, 0.6) is 0 Å². The van der Waals surface area contributed by atoms with Crippen LogP contribution in [0.25, 0.3) is 28.9 Å². The Hall–Kier alpha value is -4.42. The summed E-state index contributed by atoms with van der Waals surface area (Å²) in [5, 5.41) is 2.75. The van der Waals surface area contributed by atoms with Crippen molar-refractivity contribution < 1.29 is 0 Å². The molecule has 7 rings (SSSR count). The predicted molar refractivity (Wildman–Crippen MR) is 175 cm³/mol. The molecule has 5 aromatic rings. The van der Waals surface area contributed by atoms with Crippen molar-refractivity contribution in [2.75, 3.05) is 0 Å². The molecule has 0 heteroatoms. The van der Waals surface area contributed by atoms with E-state index in [-0.39, 0.29) is 5.92 Å². The van der Waals surface area contributed by atoms with Gasteiger partial charge in [0.25, 0.3) is 0 Å². The Morgan fingerprint density at radius 3 is 2.07 bits per heavy atom. The van der Waals surface area contributed by atoms with Gasteiger partial charge in [-0.2, -0.15) is 0 Å². The van der Waals surface area contributed by atoms with Gasteiger partial charge < -0.3 is 0 Å². The minimum atomic E-state index is 0.233. The van der Waals surface area contributed by atoms with E-state index in [9.17, 15) is 0 Å². The van der Waals surface area contributed by atoms with Crippen LogP contribution in [-0.2, 0) is 12.8 Å². The third-order valence-electron chi connectivity index (χ3n) is 9.30. The molecule has 0 fully saturated rings. The SMILES string of the molecule is CCc1ccc2c(c1)C=c1c-2cc(=C(c2ccccc2)c2ccccc2)c(CC)c1C1C=Cc2c1ccc(C)c2C. The van der Waals surface area contributed by atoms with Crippen LogP contribution in [0.4, 0.5) is 0 Å². The molecule has 0 amide bonds. The van der Waals surface area contributed by atoms with E-state index >= 15 is 0 Å². The van der Waals surface area contributed by atoms with Crippen LogP contribution in [-0.4, -0.2) is 0 Å². The molecule has 0 radical (unpaired) electrons. The summed E-state index contributed by atoms with van der Waals surface area (Å²) in [5.41, 5.74) is 17.8. The lowest BCUT2D eigenvalue weighted by atomic mass is 9.82. The van der Waals surface area contributed by atoms with Crippen LogP contribution in [0.1, 0.15) is 75.4 Å². The van der Waals surface area contributed by atoms with E-state index < -0.39 is 0 Å². The third kappa shape index (κ3) is 4.13. The van der Waals surface area contributed by atoms with E-state index in [0.717, 1.165) is 12.8 Å². The highest BCUT2D eigenvalue weighted by Crippen LogP contribution is 2.40. The standard InChI is InChI=1S/C41H36/c1-5-28-18-20-34-31(23-28)24-38-37(34)25-39(40(29-13-9-7-10-14-29)30-15-11-8-12-16-30)32(6-2)41(38)36-22-21-33-27(4)26(3)17-19-35(33)36/h7-25,36H,5-6H2,1-4H3. The third-order valence-corrected chi connectivity index (χ3v) is 9.30. The van der Waals surface area contributed by atoms with Crippen LogP contribution in [0, 0.1) is 13.8 Å². The maximum atomic E-state index is 2.50. The second-order valence-electron chi connectivity index (χ2n) is 11.5. The molecule has 0 heterocycles. The molecule has 0 nitrogen and oxygen atoms in total. The normalized spacial score (nSPS) is 14.4. The zero-order chi connectivity index (χ0) is 28.1. The summed E-state index contributed by atoms with van der Waals surface area (Å²) >= 11 is 0. The van der Waals surface area contributed by atoms with E-state index in [1.165, 1.54) is 82.8 Å². The number of allylic oxidation sites excluding steroid dienone is 1. The topological polar surface area (TPSA) is 0 Å². The Morgan fingerprint density at radius 2 is 1.41 bits per heavy atom. The molecule has 2 aliphatic rings. The molecule has 5 aromatic carbocycles. The second-order valence-corrected chi connectivity index (χ2v) is 11.5. The highest BCUT2D eigenvalue weighted by atomic mass is 14.3. The van der Waals surface area contributed by atoms with Gasteiger partial charge in [-0.05, 0) is 122 Å². The fraction of sp³-hybridized carbons (Fsp3) is 0.171. The second kappa shape index (κ2) is 10.2. The molecule has 0 aliphatic heterocycles. The van der Waals surface area contributed by atoms with E-state index in [2.05, 4.69) is 143 Å². The lowest BCUT2D eigenvalue weighted by Gasteiger charge is -2.21. The molecule has 0 saturated heterocycles. The van der Waals surface area contributed by atoms with Crippen molar-refractivity contribution in [3.05, 3.63) is 169 Å². The Bertz CT molecular complexity index is 1910. The number of hydrogen-bond donors (Lipinski definition) is 0. The van der Waals surface area contributed by atoms with Crippen LogP contribution in [0.15, 0.2) is 103 Å². The fourth-order valence-corrected chi connectivity index (χ4v) is 7.04. The predicted octanol–water partition coefficient (Wildman–Crippen LogP) is 8.64. The van der Waals surface area contributed by atoms with Crippen molar-refractivity contribution in [3.63, 3.8) is 0 Å². The van der Waals surface area contributed by atoms with Crippen molar-refractivity contribution in [2.45, 2.75) is 46.5 Å². The molecule has 0 saturated carbocycles.